The van der Waals surface area contributed by atoms with Crippen LogP contribution in [0.1, 0.15) is 94.3 Å². The van der Waals surface area contributed by atoms with E-state index in [1.54, 1.807) is 12.1 Å². The predicted molar refractivity (Wildman–Crippen MR) is 146 cm³/mol. The van der Waals surface area contributed by atoms with E-state index in [0.29, 0.717) is 58.0 Å². The van der Waals surface area contributed by atoms with Gasteiger partial charge in [0.1, 0.15) is 17.6 Å². The minimum atomic E-state index is -1.13. The molecule has 39 heavy (non-hydrogen) atoms. The molecular weight excluding hydrogens is 506 g/mol. The van der Waals surface area contributed by atoms with Crippen LogP contribution < -0.4 is 10.1 Å². The Morgan fingerprint density at radius 2 is 1.38 bits per heavy atom. The number of rotatable bonds is 25. The number of amides is 1. The number of aromatic carboxylic acids is 1. The standard InChI is InChI=1S/C29H45NO9/c1-2-37-21-22-38-19-10-11-24(31)15-18-26(29(35)36)30-27(32)12-8-6-4-3-5-7-9-20-39-25-16-13-23(14-17-25)28(33)34/h13-14,16-17,26H,2-12,15,18-22H2,1H3,(H,30,32)(H,33,34)(H,35,36)/t26-/m0/s1. The van der Waals surface area contributed by atoms with Gasteiger partial charge in [-0.15, -0.1) is 0 Å². The first-order chi connectivity index (χ1) is 18.8. The molecule has 0 aliphatic carbocycles. The van der Waals surface area contributed by atoms with E-state index < -0.39 is 18.0 Å². The number of carbonyl (C=O) groups is 4. The first-order valence-corrected chi connectivity index (χ1v) is 14.0. The Kier molecular flexibility index (Phi) is 19.1. The fraction of sp³-hybridized carbons (Fsp3) is 0.655. The van der Waals surface area contributed by atoms with Gasteiger partial charge in [0.05, 0.1) is 25.4 Å². The maximum Gasteiger partial charge on any atom is 0.335 e. The van der Waals surface area contributed by atoms with Crippen molar-refractivity contribution in [3.05, 3.63) is 29.8 Å². The highest BCUT2D eigenvalue weighted by atomic mass is 16.5. The molecule has 3 N–H and O–H groups in total. The average Bonchev–Trinajstić information content (AvgIpc) is 2.91. The maximum absolute atomic E-state index is 12.2. The number of ether oxygens (including phenoxy) is 3. The van der Waals surface area contributed by atoms with Crippen LogP contribution in [-0.2, 0) is 23.9 Å². The highest BCUT2D eigenvalue weighted by Gasteiger charge is 2.20. The van der Waals surface area contributed by atoms with Gasteiger partial charge in [-0.05, 0) is 56.9 Å². The molecule has 1 amide bonds. The summed E-state index contributed by atoms with van der Waals surface area (Å²) in [5, 5.41) is 20.8. The van der Waals surface area contributed by atoms with E-state index in [9.17, 15) is 24.3 Å². The number of nitrogens with one attached hydrogen (secondary N) is 1. The van der Waals surface area contributed by atoms with Crippen LogP contribution in [0.15, 0.2) is 24.3 Å². The summed E-state index contributed by atoms with van der Waals surface area (Å²) in [6.07, 6.45) is 7.98. The van der Waals surface area contributed by atoms with Gasteiger partial charge in [0.2, 0.25) is 5.91 Å². The second-order valence-electron chi connectivity index (χ2n) is 9.35. The van der Waals surface area contributed by atoms with Crippen LogP contribution in [-0.4, -0.2) is 72.9 Å². The van der Waals surface area contributed by atoms with E-state index in [0.717, 1.165) is 38.5 Å². The lowest BCUT2D eigenvalue weighted by Gasteiger charge is -2.14. The van der Waals surface area contributed by atoms with Crippen molar-refractivity contribution in [3.8, 4) is 5.75 Å². The fourth-order valence-electron chi connectivity index (χ4n) is 3.85. The summed E-state index contributed by atoms with van der Waals surface area (Å²) in [4.78, 5) is 46.5. The Hall–Kier alpha value is -2.98. The highest BCUT2D eigenvalue weighted by molar-refractivity contribution is 5.87. The first kappa shape index (κ1) is 34.0. The molecule has 1 aromatic rings. The van der Waals surface area contributed by atoms with Crippen LogP contribution in [0.2, 0.25) is 0 Å². The van der Waals surface area contributed by atoms with E-state index in [-0.39, 0.29) is 36.5 Å². The van der Waals surface area contributed by atoms with E-state index in [2.05, 4.69) is 5.32 Å². The normalized spacial score (nSPS) is 11.6. The second-order valence-corrected chi connectivity index (χ2v) is 9.35. The highest BCUT2D eigenvalue weighted by Crippen LogP contribution is 2.14. The third-order valence-corrected chi connectivity index (χ3v) is 6.08. The zero-order valence-corrected chi connectivity index (χ0v) is 23.2. The minimum Gasteiger partial charge on any atom is -0.494 e. The van der Waals surface area contributed by atoms with E-state index in [1.807, 2.05) is 6.92 Å². The monoisotopic (exact) mass is 551 g/mol. The number of carboxylic acid groups (broad SMARTS) is 2. The summed E-state index contributed by atoms with van der Waals surface area (Å²) in [6, 6.07) is 5.30. The zero-order chi connectivity index (χ0) is 28.7. The quantitative estimate of drug-likeness (QED) is 0.148. The Bertz CT molecular complexity index is 842. The second kappa shape index (κ2) is 21.9. The molecule has 220 valence electrons. The topological polar surface area (TPSA) is 148 Å². The number of hydrogen-bond acceptors (Lipinski definition) is 7. The maximum atomic E-state index is 12.2. The Morgan fingerprint density at radius 1 is 0.744 bits per heavy atom. The smallest absolute Gasteiger partial charge is 0.335 e. The van der Waals surface area contributed by atoms with Gasteiger partial charge in [-0.3, -0.25) is 9.59 Å². The van der Waals surface area contributed by atoms with Crippen molar-refractivity contribution in [2.75, 3.05) is 33.0 Å². The Morgan fingerprint density at radius 3 is 2.03 bits per heavy atom. The van der Waals surface area contributed by atoms with Gasteiger partial charge in [0.15, 0.2) is 0 Å². The van der Waals surface area contributed by atoms with Gasteiger partial charge in [-0.1, -0.05) is 32.1 Å². The van der Waals surface area contributed by atoms with Crippen molar-refractivity contribution in [3.63, 3.8) is 0 Å². The van der Waals surface area contributed by atoms with Crippen molar-refractivity contribution >= 4 is 23.6 Å². The van der Waals surface area contributed by atoms with Gasteiger partial charge in [-0.2, -0.15) is 0 Å². The van der Waals surface area contributed by atoms with Gasteiger partial charge < -0.3 is 29.7 Å². The summed E-state index contributed by atoms with van der Waals surface area (Å²) >= 11 is 0. The van der Waals surface area contributed by atoms with Gasteiger partial charge in [0.25, 0.3) is 0 Å². The van der Waals surface area contributed by atoms with Crippen LogP contribution in [0.25, 0.3) is 0 Å². The molecule has 0 aliphatic heterocycles. The number of hydrogen-bond donors (Lipinski definition) is 3. The molecule has 0 heterocycles. The van der Waals surface area contributed by atoms with Crippen molar-refractivity contribution in [2.45, 2.75) is 90.0 Å². The molecule has 1 atom stereocenters. The first-order valence-electron chi connectivity index (χ1n) is 14.0. The van der Waals surface area contributed by atoms with Crippen LogP contribution in [0.3, 0.4) is 0 Å². The van der Waals surface area contributed by atoms with E-state index in [4.69, 9.17) is 19.3 Å². The molecule has 0 spiro atoms. The van der Waals surface area contributed by atoms with E-state index >= 15 is 0 Å². The number of unbranched alkanes of at least 4 members (excludes halogenated alkanes) is 6. The number of Topliss-reactive ketones (excluding diaryl/α,β-unsaturated/α-hetero) is 1. The number of benzene rings is 1. The van der Waals surface area contributed by atoms with Gasteiger partial charge >= 0.3 is 11.9 Å². The molecule has 1 aromatic carbocycles. The van der Waals surface area contributed by atoms with Crippen molar-refractivity contribution in [1.29, 1.82) is 0 Å². The third kappa shape index (κ3) is 18.0. The molecule has 1 rings (SSSR count). The molecule has 0 aromatic heterocycles. The van der Waals surface area contributed by atoms with E-state index in [1.165, 1.54) is 12.1 Å². The summed E-state index contributed by atoms with van der Waals surface area (Å²) in [5.74, 6) is -1.77. The van der Waals surface area contributed by atoms with Gasteiger partial charge in [0, 0.05) is 32.5 Å². The number of carbonyl (C=O) groups excluding carboxylic acids is 2. The predicted octanol–water partition coefficient (Wildman–Crippen LogP) is 4.64. The molecule has 10 heteroatoms. The molecule has 0 bridgehead atoms. The molecule has 0 saturated carbocycles. The summed E-state index contributed by atoms with van der Waals surface area (Å²) in [6.45, 7) is 4.59. The molecule has 0 unspecified atom stereocenters. The minimum absolute atomic E-state index is 0.0372. The van der Waals surface area contributed by atoms with Crippen molar-refractivity contribution in [1.82, 2.24) is 5.32 Å². The lowest BCUT2D eigenvalue weighted by Crippen LogP contribution is -2.41. The van der Waals surface area contributed by atoms with Crippen molar-refractivity contribution in [2.24, 2.45) is 0 Å². The largest absolute Gasteiger partial charge is 0.494 e. The SMILES string of the molecule is CCOCCOCCCC(=O)CC[C@H](NC(=O)CCCCCCCCCOc1ccc(C(=O)O)cc1)C(=O)O. The summed E-state index contributed by atoms with van der Waals surface area (Å²) < 4.78 is 16.1. The zero-order valence-electron chi connectivity index (χ0n) is 23.2. The molecule has 0 aliphatic rings. The number of aliphatic carboxylic acids is 1. The van der Waals surface area contributed by atoms with Crippen LogP contribution >= 0.6 is 0 Å². The van der Waals surface area contributed by atoms with Crippen molar-refractivity contribution < 1.29 is 43.6 Å². The van der Waals surface area contributed by atoms with Crippen LogP contribution in [0.5, 0.6) is 5.75 Å². The van der Waals surface area contributed by atoms with Crippen LogP contribution in [0, 0.1) is 0 Å². The summed E-state index contributed by atoms with van der Waals surface area (Å²) in [5.41, 5.74) is 0.232. The van der Waals surface area contributed by atoms with Gasteiger partial charge in [-0.25, -0.2) is 9.59 Å². The molecule has 0 saturated heterocycles. The average molecular weight is 552 g/mol. The lowest BCUT2D eigenvalue weighted by atomic mass is 10.1. The Labute approximate surface area is 231 Å². The number of carboxylic acids is 2. The fourth-order valence-corrected chi connectivity index (χ4v) is 3.85. The number of ketones is 1. The third-order valence-electron chi connectivity index (χ3n) is 6.08. The molecule has 0 radical (unpaired) electrons. The summed E-state index contributed by atoms with van der Waals surface area (Å²) in [7, 11) is 0. The molecular formula is C29H45NO9. The molecule has 10 nitrogen and oxygen atoms in total. The Balaban J connectivity index is 2.03. The lowest BCUT2D eigenvalue weighted by molar-refractivity contribution is -0.142. The molecule has 0 fully saturated rings. The van der Waals surface area contributed by atoms with Crippen LogP contribution in [0.4, 0.5) is 0 Å².